The molecule has 0 aliphatic carbocycles. The fourth-order valence-electron chi connectivity index (χ4n) is 1.80. The van der Waals surface area contributed by atoms with Gasteiger partial charge in [-0.15, -0.1) is 0 Å². The topological polar surface area (TPSA) is 115 Å². The standard InChI is InChI=1S/C11H16N2O6/c1-11(2)9(18)13(10(19)12(11)3)5-6(8(16)17)4-7(14)15/h6H,4-5H2,1-3H3,(H,14,15)(H,16,17). The van der Waals surface area contributed by atoms with Crippen LogP contribution in [0.2, 0.25) is 0 Å². The van der Waals surface area contributed by atoms with Crippen LogP contribution in [-0.2, 0) is 14.4 Å². The smallest absolute Gasteiger partial charge is 0.327 e. The summed E-state index contributed by atoms with van der Waals surface area (Å²) < 4.78 is 0. The summed E-state index contributed by atoms with van der Waals surface area (Å²) in [6, 6.07) is -0.619. The maximum absolute atomic E-state index is 12.0. The number of carboxylic acid groups (broad SMARTS) is 2. The number of amides is 3. The molecule has 0 aromatic carbocycles. The highest BCUT2D eigenvalue weighted by Crippen LogP contribution is 2.26. The number of nitrogens with zero attached hydrogens (tertiary/aromatic N) is 2. The van der Waals surface area contributed by atoms with Gasteiger partial charge in [0, 0.05) is 13.6 Å². The SMILES string of the molecule is CN1C(=O)N(CC(CC(=O)O)C(=O)O)C(=O)C1(C)C. The van der Waals surface area contributed by atoms with E-state index < -0.39 is 48.3 Å². The first-order chi connectivity index (χ1) is 8.59. The molecule has 1 saturated heterocycles. The zero-order chi connectivity index (χ0) is 15.0. The Balaban J connectivity index is 2.92. The fraction of sp³-hybridized carbons (Fsp3) is 0.636. The molecule has 0 radical (unpaired) electrons. The van der Waals surface area contributed by atoms with Crippen molar-refractivity contribution in [3.63, 3.8) is 0 Å². The molecule has 0 bridgehead atoms. The average molecular weight is 272 g/mol. The lowest BCUT2D eigenvalue weighted by Gasteiger charge is -2.22. The predicted octanol–water partition coefficient (Wildman–Crippen LogP) is -0.165. The van der Waals surface area contributed by atoms with E-state index in [9.17, 15) is 19.2 Å². The van der Waals surface area contributed by atoms with Gasteiger partial charge in [-0.2, -0.15) is 0 Å². The van der Waals surface area contributed by atoms with Crippen LogP contribution in [0.25, 0.3) is 0 Å². The second-order valence-electron chi connectivity index (χ2n) is 4.95. The molecular formula is C11H16N2O6. The number of hydrogen-bond donors (Lipinski definition) is 2. The minimum absolute atomic E-state index is 0.437. The van der Waals surface area contributed by atoms with E-state index in [0.29, 0.717) is 0 Å². The molecule has 1 aliphatic heterocycles. The lowest BCUT2D eigenvalue weighted by molar-refractivity contribution is -0.149. The number of hydrogen-bond acceptors (Lipinski definition) is 4. The van der Waals surface area contributed by atoms with E-state index in [-0.39, 0.29) is 0 Å². The van der Waals surface area contributed by atoms with Crippen molar-refractivity contribution in [1.29, 1.82) is 0 Å². The molecule has 0 saturated carbocycles. The normalized spacial score (nSPS) is 19.7. The Morgan fingerprint density at radius 1 is 1.26 bits per heavy atom. The molecule has 0 aromatic rings. The lowest BCUT2D eigenvalue weighted by Crippen LogP contribution is -2.42. The van der Waals surface area contributed by atoms with Crippen LogP contribution in [0.3, 0.4) is 0 Å². The van der Waals surface area contributed by atoms with E-state index >= 15 is 0 Å². The molecule has 1 heterocycles. The largest absolute Gasteiger partial charge is 0.481 e. The number of likely N-dealkylation sites (N-methyl/N-ethyl adjacent to an activating group) is 1. The number of urea groups is 1. The summed E-state index contributed by atoms with van der Waals surface area (Å²) in [5, 5.41) is 17.6. The summed E-state index contributed by atoms with van der Waals surface area (Å²) in [7, 11) is 1.44. The number of rotatable bonds is 5. The molecule has 1 atom stereocenters. The number of carbonyl (C=O) groups excluding carboxylic acids is 2. The maximum Gasteiger partial charge on any atom is 0.327 e. The highest BCUT2D eigenvalue weighted by atomic mass is 16.4. The zero-order valence-electron chi connectivity index (χ0n) is 10.9. The minimum atomic E-state index is -1.35. The summed E-state index contributed by atoms with van der Waals surface area (Å²) in [6.45, 7) is 2.65. The molecule has 2 N–H and O–H groups in total. The molecule has 1 aliphatic rings. The highest BCUT2D eigenvalue weighted by molar-refractivity contribution is 6.06. The van der Waals surface area contributed by atoms with E-state index in [1.165, 1.54) is 11.9 Å². The first-order valence-corrected chi connectivity index (χ1v) is 5.63. The summed E-state index contributed by atoms with van der Waals surface area (Å²) >= 11 is 0. The average Bonchev–Trinajstić information content (AvgIpc) is 2.42. The summed E-state index contributed by atoms with van der Waals surface area (Å²) in [5.74, 6) is -4.49. The first-order valence-electron chi connectivity index (χ1n) is 5.63. The Bertz CT molecular complexity index is 444. The van der Waals surface area contributed by atoms with Crippen LogP contribution < -0.4 is 0 Å². The summed E-state index contributed by atoms with van der Waals surface area (Å²) in [6.07, 6.45) is -0.642. The van der Waals surface area contributed by atoms with Gasteiger partial charge < -0.3 is 15.1 Å². The number of aliphatic carboxylic acids is 2. The van der Waals surface area contributed by atoms with E-state index in [1.807, 2.05) is 0 Å². The molecule has 1 unspecified atom stereocenters. The van der Waals surface area contributed by atoms with E-state index in [1.54, 1.807) is 13.8 Å². The van der Waals surface area contributed by atoms with Crippen molar-refractivity contribution in [1.82, 2.24) is 9.80 Å². The van der Waals surface area contributed by atoms with Crippen molar-refractivity contribution < 1.29 is 29.4 Å². The monoisotopic (exact) mass is 272 g/mol. The van der Waals surface area contributed by atoms with Crippen molar-refractivity contribution in [3.8, 4) is 0 Å². The van der Waals surface area contributed by atoms with Crippen LogP contribution in [0.4, 0.5) is 4.79 Å². The predicted molar refractivity (Wildman–Crippen MR) is 62.3 cm³/mol. The Hall–Kier alpha value is -2.12. The van der Waals surface area contributed by atoms with Crippen molar-refractivity contribution in [2.75, 3.05) is 13.6 Å². The van der Waals surface area contributed by atoms with E-state index in [2.05, 4.69) is 0 Å². The van der Waals surface area contributed by atoms with Crippen LogP contribution in [0.5, 0.6) is 0 Å². The van der Waals surface area contributed by atoms with Gasteiger partial charge in [0.15, 0.2) is 0 Å². The molecular weight excluding hydrogens is 256 g/mol. The van der Waals surface area contributed by atoms with Gasteiger partial charge in [-0.1, -0.05) is 0 Å². The minimum Gasteiger partial charge on any atom is -0.481 e. The molecule has 0 aromatic heterocycles. The van der Waals surface area contributed by atoms with Gasteiger partial charge in [-0.25, -0.2) is 4.79 Å². The third-order valence-electron chi connectivity index (χ3n) is 3.30. The van der Waals surface area contributed by atoms with Crippen LogP contribution in [0.15, 0.2) is 0 Å². The molecule has 106 valence electrons. The second-order valence-corrected chi connectivity index (χ2v) is 4.95. The third-order valence-corrected chi connectivity index (χ3v) is 3.30. The summed E-state index contributed by atoms with van der Waals surface area (Å²) in [5.41, 5.74) is -1.05. The van der Waals surface area contributed by atoms with E-state index in [4.69, 9.17) is 10.2 Å². The highest BCUT2D eigenvalue weighted by Gasteiger charge is 2.50. The van der Waals surface area contributed by atoms with Crippen LogP contribution in [0, 0.1) is 5.92 Å². The van der Waals surface area contributed by atoms with Gasteiger partial charge in [-0.3, -0.25) is 19.3 Å². The Labute approximate surface area is 109 Å². The first kappa shape index (κ1) is 14.9. The molecule has 8 nitrogen and oxygen atoms in total. The lowest BCUT2D eigenvalue weighted by atomic mass is 10.0. The number of imide groups is 1. The van der Waals surface area contributed by atoms with Gasteiger partial charge in [0.1, 0.15) is 5.54 Å². The second kappa shape index (κ2) is 4.87. The van der Waals surface area contributed by atoms with Crippen molar-refractivity contribution in [2.24, 2.45) is 5.92 Å². The van der Waals surface area contributed by atoms with Gasteiger partial charge in [0.05, 0.1) is 12.3 Å². The van der Waals surface area contributed by atoms with Gasteiger partial charge in [0.25, 0.3) is 5.91 Å². The fourth-order valence-corrected chi connectivity index (χ4v) is 1.80. The van der Waals surface area contributed by atoms with Crippen molar-refractivity contribution >= 4 is 23.9 Å². The van der Waals surface area contributed by atoms with Gasteiger partial charge in [0.2, 0.25) is 0 Å². The summed E-state index contributed by atoms with van der Waals surface area (Å²) in [4.78, 5) is 47.4. The van der Waals surface area contributed by atoms with Crippen LogP contribution in [0.1, 0.15) is 20.3 Å². The molecule has 1 fully saturated rings. The molecule has 1 rings (SSSR count). The van der Waals surface area contributed by atoms with Crippen LogP contribution >= 0.6 is 0 Å². The van der Waals surface area contributed by atoms with Crippen molar-refractivity contribution in [3.05, 3.63) is 0 Å². The molecule has 8 heteroatoms. The number of carbonyl (C=O) groups is 4. The molecule has 19 heavy (non-hydrogen) atoms. The maximum atomic E-state index is 12.0. The molecule has 0 spiro atoms. The third kappa shape index (κ3) is 2.67. The zero-order valence-corrected chi connectivity index (χ0v) is 10.9. The van der Waals surface area contributed by atoms with Crippen molar-refractivity contribution in [2.45, 2.75) is 25.8 Å². The Morgan fingerprint density at radius 2 is 1.79 bits per heavy atom. The quantitative estimate of drug-likeness (QED) is 0.671. The van der Waals surface area contributed by atoms with Gasteiger partial charge in [-0.05, 0) is 13.8 Å². The Kier molecular flexibility index (Phi) is 3.83. The van der Waals surface area contributed by atoms with Crippen LogP contribution in [-0.4, -0.2) is 63.0 Å². The Morgan fingerprint density at radius 3 is 2.11 bits per heavy atom. The number of carboxylic acids is 2. The van der Waals surface area contributed by atoms with Gasteiger partial charge >= 0.3 is 18.0 Å². The molecule has 3 amide bonds. The van der Waals surface area contributed by atoms with E-state index in [0.717, 1.165) is 4.90 Å².